The molecule has 0 spiro atoms. The van der Waals surface area contributed by atoms with Crippen molar-refractivity contribution in [2.75, 3.05) is 29.0 Å². The Labute approximate surface area is 159 Å². The third-order valence-corrected chi connectivity index (χ3v) is 6.20. The van der Waals surface area contributed by atoms with Gasteiger partial charge in [0.05, 0.1) is 29.1 Å². The summed E-state index contributed by atoms with van der Waals surface area (Å²) in [5.74, 6) is -1.39. The van der Waals surface area contributed by atoms with Crippen LogP contribution in [0.15, 0.2) is 52.3 Å². The molecular weight excluding hydrogens is 395 g/mol. The van der Waals surface area contributed by atoms with Crippen molar-refractivity contribution >= 4 is 45.0 Å². The van der Waals surface area contributed by atoms with Gasteiger partial charge in [-0.05, 0) is 36.4 Å². The van der Waals surface area contributed by atoms with Crippen LogP contribution in [0.5, 0.6) is 0 Å². The van der Waals surface area contributed by atoms with Gasteiger partial charge in [-0.2, -0.15) is 0 Å². The van der Waals surface area contributed by atoms with Gasteiger partial charge in [-0.3, -0.25) is 19.2 Å². The molecule has 0 aromatic heterocycles. The second-order valence-electron chi connectivity index (χ2n) is 5.59. The Morgan fingerprint density at radius 3 is 2.78 bits per heavy atom. The number of fused-ring (bicyclic) bond motifs is 1. The molecule has 0 bridgehead atoms. The Kier molecular flexibility index (Phi) is 5.38. The fraction of sp³-hybridized carbons (Fsp3) is 0.176. The number of sulfonamides is 1. The van der Waals surface area contributed by atoms with E-state index in [4.69, 9.17) is 0 Å². The third kappa shape index (κ3) is 4.22. The van der Waals surface area contributed by atoms with Gasteiger partial charge in [0.1, 0.15) is 12.4 Å². The summed E-state index contributed by atoms with van der Waals surface area (Å²) in [5, 5.41) is 0. The van der Waals surface area contributed by atoms with Crippen molar-refractivity contribution < 1.29 is 27.1 Å². The monoisotopic (exact) mass is 410 g/mol. The van der Waals surface area contributed by atoms with Gasteiger partial charge < -0.3 is 4.74 Å². The van der Waals surface area contributed by atoms with Gasteiger partial charge in [0.2, 0.25) is 5.91 Å². The van der Waals surface area contributed by atoms with Crippen LogP contribution in [0, 0.1) is 5.82 Å². The third-order valence-electron chi connectivity index (χ3n) is 3.78. The number of anilines is 2. The number of amides is 1. The van der Waals surface area contributed by atoms with Gasteiger partial charge in [0.25, 0.3) is 10.0 Å². The van der Waals surface area contributed by atoms with E-state index in [0.29, 0.717) is 10.6 Å². The van der Waals surface area contributed by atoms with Crippen molar-refractivity contribution in [2.24, 2.45) is 0 Å². The fourth-order valence-corrected chi connectivity index (χ4v) is 4.47. The summed E-state index contributed by atoms with van der Waals surface area (Å²) >= 11 is 1.25. The van der Waals surface area contributed by atoms with Crippen molar-refractivity contribution in [2.45, 2.75) is 9.79 Å². The van der Waals surface area contributed by atoms with Gasteiger partial charge >= 0.3 is 5.97 Å². The molecule has 0 radical (unpaired) electrons. The van der Waals surface area contributed by atoms with E-state index >= 15 is 0 Å². The maximum Gasteiger partial charge on any atom is 0.325 e. The Morgan fingerprint density at radius 1 is 1.30 bits per heavy atom. The standard InChI is InChI=1S/C17H15FN2O5S2/c1-25-17(22)9-20-14-8-13(5-6-15(14)26-10-16(20)21)27(23,24)19-12-4-2-3-11(18)7-12/h2-8,19H,9-10H2,1H3. The van der Waals surface area contributed by atoms with E-state index < -0.39 is 21.8 Å². The van der Waals surface area contributed by atoms with Crippen molar-refractivity contribution in [3.8, 4) is 0 Å². The van der Waals surface area contributed by atoms with E-state index in [0.717, 1.165) is 6.07 Å². The van der Waals surface area contributed by atoms with E-state index in [1.54, 1.807) is 6.07 Å². The number of halogens is 1. The summed E-state index contributed by atoms with van der Waals surface area (Å²) in [5.41, 5.74) is 0.383. The molecule has 142 valence electrons. The van der Waals surface area contributed by atoms with Gasteiger partial charge in [0, 0.05) is 4.90 Å². The molecule has 2 aromatic carbocycles. The molecular formula is C17H15FN2O5S2. The lowest BCUT2D eigenvalue weighted by Crippen LogP contribution is -2.39. The number of hydrogen-bond acceptors (Lipinski definition) is 6. The van der Waals surface area contributed by atoms with E-state index in [-0.39, 0.29) is 28.8 Å². The maximum atomic E-state index is 13.3. The Bertz CT molecular complexity index is 1010. The largest absolute Gasteiger partial charge is 0.468 e. The highest BCUT2D eigenvalue weighted by Crippen LogP contribution is 2.37. The molecule has 1 heterocycles. The van der Waals surface area contributed by atoms with Crippen molar-refractivity contribution in [1.29, 1.82) is 0 Å². The van der Waals surface area contributed by atoms with Crippen LogP contribution >= 0.6 is 11.8 Å². The van der Waals surface area contributed by atoms with Crippen LogP contribution in [-0.4, -0.2) is 39.7 Å². The number of esters is 1. The predicted octanol–water partition coefficient (Wildman–Crippen LogP) is 2.24. The molecule has 1 N–H and O–H groups in total. The number of rotatable bonds is 5. The van der Waals surface area contributed by atoms with Gasteiger partial charge in [-0.25, -0.2) is 12.8 Å². The number of benzene rings is 2. The van der Waals surface area contributed by atoms with Crippen molar-refractivity contribution in [3.63, 3.8) is 0 Å². The lowest BCUT2D eigenvalue weighted by Gasteiger charge is -2.28. The number of carbonyl (C=O) groups is 2. The molecule has 3 rings (SSSR count). The van der Waals surface area contributed by atoms with E-state index in [1.807, 2.05) is 0 Å². The van der Waals surface area contributed by atoms with Gasteiger partial charge in [-0.1, -0.05) is 6.07 Å². The topological polar surface area (TPSA) is 92.8 Å². The van der Waals surface area contributed by atoms with E-state index in [2.05, 4.69) is 9.46 Å². The number of nitrogens with one attached hydrogen (secondary N) is 1. The number of methoxy groups -OCH3 is 1. The highest BCUT2D eigenvalue weighted by atomic mass is 32.2. The Morgan fingerprint density at radius 2 is 2.07 bits per heavy atom. The lowest BCUT2D eigenvalue weighted by atomic mass is 10.2. The smallest absolute Gasteiger partial charge is 0.325 e. The second kappa shape index (κ2) is 7.57. The molecule has 2 aromatic rings. The van der Waals surface area contributed by atoms with Crippen LogP contribution in [0.1, 0.15) is 0 Å². The summed E-state index contributed by atoms with van der Waals surface area (Å²) < 4.78 is 45.4. The number of carbonyl (C=O) groups excluding carboxylic acids is 2. The lowest BCUT2D eigenvalue weighted by molar-refractivity contribution is -0.139. The van der Waals surface area contributed by atoms with Crippen LogP contribution in [0.2, 0.25) is 0 Å². The first kappa shape index (κ1) is 19.2. The minimum absolute atomic E-state index is 0.0737. The highest BCUT2D eigenvalue weighted by molar-refractivity contribution is 8.00. The summed E-state index contributed by atoms with van der Waals surface area (Å²) in [6.45, 7) is -0.316. The van der Waals surface area contributed by atoms with E-state index in [1.165, 1.54) is 54.1 Å². The molecule has 0 fully saturated rings. The molecule has 0 saturated heterocycles. The van der Waals surface area contributed by atoms with E-state index in [9.17, 15) is 22.4 Å². The molecule has 0 saturated carbocycles. The van der Waals surface area contributed by atoms with Crippen LogP contribution in [-0.2, 0) is 24.3 Å². The first-order valence-corrected chi connectivity index (χ1v) is 10.2. The average molecular weight is 410 g/mol. The number of nitrogens with zero attached hydrogens (tertiary/aromatic N) is 1. The Balaban J connectivity index is 1.96. The zero-order valence-electron chi connectivity index (χ0n) is 14.1. The molecule has 0 atom stereocenters. The first-order valence-electron chi connectivity index (χ1n) is 7.72. The normalized spacial score (nSPS) is 13.9. The minimum Gasteiger partial charge on any atom is -0.468 e. The molecule has 27 heavy (non-hydrogen) atoms. The molecule has 1 aliphatic rings. The predicted molar refractivity (Wildman–Crippen MR) is 98.7 cm³/mol. The SMILES string of the molecule is COC(=O)CN1C(=O)CSc2ccc(S(=O)(=O)Nc3cccc(F)c3)cc21. The average Bonchev–Trinajstić information content (AvgIpc) is 2.63. The summed E-state index contributed by atoms with van der Waals surface area (Å²) in [4.78, 5) is 25.5. The minimum atomic E-state index is -4.02. The molecule has 1 aliphatic heterocycles. The van der Waals surface area contributed by atoms with Crippen molar-refractivity contribution in [1.82, 2.24) is 0 Å². The zero-order valence-corrected chi connectivity index (χ0v) is 15.8. The van der Waals surface area contributed by atoms with Gasteiger partial charge in [0.15, 0.2) is 0 Å². The second-order valence-corrected chi connectivity index (χ2v) is 8.29. The molecule has 0 unspecified atom stereocenters. The Hall–Kier alpha value is -2.59. The molecule has 7 nitrogen and oxygen atoms in total. The summed E-state index contributed by atoms with van der Waals surface area (Å²) in [7, 11) is -2.81. The quantitative estimate of drug-likeness (QED) is 0.760. The highest BCUT2D eigenvalue weighted by Gasteiger charge is 2.28. The fourth-order valence-electron chi connectivity index (χ4n) is 2.48. The van der Waals surface area contributed by atoms with Crippen molar-refractivity contribution in [3.05, 3.63) is 48.3 Å². The zero-order chi connectivity index (χ0) is 19.6. The number of hydrogen-bond donors (Lipinski definition) is 1. The number of ether oxygens (including phenoxy) is 1. The molecule has 10 heteroatoms. The van der Waals surface area contributed by atoms with Crippen LogP contribution < -0.4 is 9.62 Å². The van der Waals surface area contributed by atoms with Gasteiger partial charge in [-0.15, -0.1) is 11.8 Å². The van der Waals surface area contributed by atoms with Crippen LogP contribution in [0.3, 0.4) is 0 Å². The van der Waals surface area contributed by atoms with Crippen LogP contribution in [0.25, 0.3) is 0 Å². The van der Waals surface area contributed by atoms with Crippen LogP contribution in [0.4, 0.5) is 15.8 Å². The maximum absolute atomic E-state index is 13.3. The first-order chi connectivity index (χ1) is 12.8. The molecule has 0 aliphatic carbocycles. The number of thioether (sulfide) groups is 1. The summed E-state index contributed by atoms with van der Waals surface area (Å²) in [6, 6.07) is 9.32. The summed E-state index contributed by atoms with van der Waals surface area (Å²) in [6.07, 6.45) is 0. The molecule has 1 amide bonds.